The van der Waals surface area contributed by atoms with E-state index in [2.05, 4.69) is 10.3 Å². The standard InChI is InChI=1S/C8H12F2N2O3S/c1-11-8-12-2-3(13)4(14)5(6(9)10)16-7(2)15-8/h2-7,13-14H,1H3,(H,11,12). The number of hydrogen-bond donors (Lipinski definition) is 3. The molecule has 3 N–H and O–H groups in total. The number of halogens is 2. The summed E-state index contributed by atoms with van der Waals surface area (Å²) in [7, 11) is 1.58. The van der Waals surface area contributed by atoms with E-state index >= 15 is 0 Å². The number of rotatable bonds is 1. The van der Waals surface area contributed by atoms with Crippen molar-refractivity contribution in [2.75, 3.05) is 7.05 Å². The highest BCUT2D eigenvalue weighted by molar-refractivity contribution is 8.00. The molecule has 2 aliphatic rings. The molecule has 5 atom stereocenters. The van der Waals surface area contributed by atoms with E-state index in [4.69, 9.17) is 4.74 Å². The third-order valence-corrected chi connectivity index (χ3v) is 4.01. The van der Waals surface area contributed by atoms with E-state index in [-0.39, 0.29) is 6.02 Å². The summed E-state index contributed by atoms with van der Waals surface area (Å²) >= 11 is 0.804. The number of thioether (sulfide) groups is 1. The van der Waals surface area contributed by atoms with Crippen LogP contribution in [0.1, 0.15) is 0 Å². The zero-order valence-corrected chi connectivity index (χ0v) is 9.19. The van der Waals surface area contributed by atoms with Gasteiger partial charge in [-0.1, -0.05) is 0 Å². The van der Waals surface area contributed by atoms with Crippen LogP contribution in [-0.2, 0) is 4.74 Å². The second kappa shape index (κ2) is 4.34. The minimum absolute atomic E-state index is 0.198. The molecule has 2 aliphatic heterocycles. The van der Waals surface area contributed by atoms with Crippen molar-refractivity contribution in [3.63, 3.8) is 0 Å². The zero-order valence-electron chi connectivity index (χ0n) is 8.38. The minimum Gasteiger partial charge on any atom is -0.448 e. The summed E-state index contributed by atoms with van der Waals surface area (Å²) in [6, 6.07) is -0.499. The first-order valence-corrected chi connectivity index (χ1v) is 5.71. The third-order valence-electron chi connectivity index (χ3n) is 2.56. The highest BCUT2D eigenvalue weighted by Gasteiger charge is 2.51. The number of aliphatic hydroxyl groups is 2. The fraction of sp³-hybridized carbons (Fsp3) is 0.875. The number of ether oxygens (including phenoxy) is 1. The number of fused-ring (bicyclic) bond motifs is 1. The van der Waals surface area contributed by atoms with E-state index in [1.165, 1.54) is 0 Å². The fourth-order valence-electron chi connectivity index (χ4n) is 1.72. The molecule has 2 heterocycles. The van der Waals surface area contributed by atoms with E-state index in [1.54, 1.807) is 7.05 Å². The zero-order chi connectivity index (χ0) is 11.9. The van der Waals surface area contributed by atoms with E-state index < -0.39 is 35.4 Å². The van der Waals surface area contributed by atoms with Gasteiger partial charge in [-0.3, -0.25) is 0 Å². The number of amidine groups is 1. The number of nitrogens with zero attached hydrogens (tertiary/aromatic N) is 1. The summed E-state index contributed by atoms with van der Waals surface area (Å²) in [5, 5.41) is 20.5. The summed E-state index contributed by atoms with van der Waals surface area (Å²) in [5.74, 6) is 0. The van der Waals surface area contributed by atoms with Crippen molar-refractivity contribution in [2.24, 2.45) is 4.99 Å². The van der Waals surface area contributed by atoms with Gasteiger partial charge in [0.15, 0.2) is 5.44 Å². The third kappa shape index (κ3) is 1.85. The maximum atomic E-state index is 12.6. The molecule has 0 aromatic heterocycles. The molecular weight excluding hydrogens is 242 g/mol. The molecule has 0 aliphatic carbocycles. The Labute approximate surface area is 94.9 Å². The van der Waals surface area contributed by atoms with Gasteiger partial charge in [-0.2, -0.15) is 0 Å². The largest absolute Gasteiger partial charge is 0.448 e. The van der Waals surface area contributed by atoms with Crippen LogP contribution in [0, 0.1) is 0 Å². The number of hydrogen-bond acceptors (Lipinski definition) is 6. The van der Waals surface area contributed by atoms with E-state index in [0.29, 0.717) is 0 Å². The summed E-state index contributed by atoms with van der Waals surface area (Å²) in [4.78, 5) is 3.96. The number of aliphatic imine (C=N–C) groups is 1. The molecule has 16 heavy (non-hydrogen) atoms. The number of nitrogens with one attached hydrogen (secondary N) is 1. The Balaban J connectivity index is 2.14. The van der Waals surface area contributed by atoms with Crippen LogP contribution in [0.5, 0.6) is 0 Å². The normalized spacial score (nSPS) is 42.6. The van der Waals surface area contributed by atoms with Gasteiger partial charge in [0.1, 0.15) is 12.1 Å². The molecule has 0 aromatic carbocycles. The van der Waals surface area contributed by atoms with Crippen LogP contribution < -0.4 is 5.32 Å². The highest BCUT2D eigenvalue weighted by Crippen LogP contribution is 2.40. The average Bonchev–Trinajstić information content (AvgIpc) is 2.66. The molecule has 0 amide bonds. The second-order valence-electron chi connectivity index (χ2n) is 3.58. The van der Waals surface area contributed by atoms with Crippen molar-refractivity contribution in [1.29, 1.82) is 0 Å². The molecule has 1 fully saturated rings. The number of alkyl halides is 2. The lowest BCUT2D eigenvalue weighted by Crippen LogP contribution is -2.53. The summed E-state index contributed by atoms with van der Waals surface area (Å²) in [6.45, 7) is 0. The molecule has 0 spiro atoms. The van der Waals surface area contributed by atoms with Crippen molar-refractivity contribution in [3.8, 4) is 0 Å². The Morgan fingerprint density at radius 1 is 1.44 bits per heavy atom. The van der Waals surface area contributed by atoms with E-state index in [1.807, 2.05) is 0 Å². The summed E-state index contributed by atoms with van der Waals surface area (Å²) < 4.78 is 30.4. The van der Waals surface area contributed by atoms with Crippen LogP contribution in [0.3, 0.4) is 0 Å². The van der Waals surface area contributed by atoms with Gasteiger partial charge < -0.3 is 20.3 Å². The Morgan fingerprint density at radius 3 is 2.69 bits per heavy atom. The molecule has 0 saturated carbocycles. The van der Waals surface area contributed by atoms with Gasteiger partial charge in [-0.05, 0) is 0 Å². The first kappa shape index (κ1) is 11.9. The number of aliphatic hydroxyl groups excluding tert-OH is 2. The van der Waals surface area contributed by atoms with E-state index in [9.17, 15) is 19.0 Å². The Bertz CT molecular complexity index is 305. The van der Waals surface area contributed by atoms with Crippen LogP contribution in [0.25, 0.3) is 0 Å². The average molecular weight is 254 g/mol. The van der Waals surface area contributed by atoms with Crippen molar-refractivity contribution in [2.45, 2.75) is 35.4 Å². The van der Waals surface area contributed by atoms with Crippen molar-refractivity contribution in [3.05, 3.63) is 0 Å². The SMILES string of the molecule is CNC1=NC2C(O1)SC(C(F)F)C(O)C2O. The predicted octanol–water partition coefficient (Wildman–Crippen LogP) is -0.611. The Morgan fingerprint density at radius 2 is 2.12 bits per heavy atom. The lowest BCUT2D eigenvalue weighted by atomic mass is 10.0. The minimum atomic E-state index is -2.71. The van der Waals surface area contributed by atoms with Gasteiger partial charge >= 0.3 is 0 Å². The van der Waals surface area contributed by atoms with Crippen molar-refractivity contribution >= 4 is 17.8 Å². The van der Waals surface area contributed by atoms with Crippen LogP contribution in [-0.4, -0.2) is 58.6 Å². The van der Waals surface area contributed by atoms with Gasteiger partial charge in [0, 0.05) is 7.05 Å². The first-order valence-electron chi connectivity index (χ1n) is 4.76. The molecule has 5 nitrogen and oxygen atoms in total. The topological polar surface area (TPSA) is 74.1 Å². The molecule has 0 aromatic rings. The van der Waals surface area contributed by atoms with Crippen LogP contribution in [0.2, 0.25) is 0 Å². The van der Waals surface area contributed by atoms with Gasteiger partial charge in [0.05, 0.1) is 11.4 Å². The van der Waals surface area contributed by atoms with Gasteiger partial charge in [-0.25, -0.2) is 13.8 Å². The maximum absolute atomic E-state index is 12.6. The second-order valence-corrected chi connectivity index (χ2v) is 4.86. The smallest absolute Gasteiger partial charge is 0.286 e. The van der Waals surface area contributed by atoms with Gasteiger partial charge in [-0.15, -0.1) is 11.8 Å². The molecule has 92 valence electrons. The Hall–Kier alpha value is -0.600. The van der Waals surface area contributed by atoms with Crippen molar-refractivity contribution < 1.29 is 23.7 Å². The van der Waals surface area contributed by atoms with Crippen molar-refractivity contribution in [1.82, 2.24) is 5.32 Å². The molecule has 0 bridgehead atoms. The maximum Gasteiger partial charge on any atom is 0.286 e. The molecular formula is C8H12F2N2O3S. The monoisotopic (exact) mass is 254 g/mol. The fourth-order valence-corrected chi connectivity index (χ4v) is 3.00. The molecule has 8 heteroatoms. The van der Waals surface area contributed by atoms with E-state index in [0.717, 1.165) is 11.8 Å². The Kier molecular flexibility index (Phi) is 3.22. The van der Waals surface area contributed by atoms with Gasteiger partial charge in [0.2, 0.25) is 0 Å². The van der Waals surface area contributed by atoms with Crippen LogP contribution in [0.4, 0.5) is 8.78 Å². The molecule has 1 saturated heterocycles. The lowest BCUT2D eigenvalue weighted by Gasteiger charge is -2.36. The van der Waals surface area contributed by atoms with Crippen LogP contribution >= 0.6 is 11.8 Å². The molecule has 0 radical (unpaired) electrons. The predicted molar refractivity (Wildman–Crippen MR) is 54.6 cm³/mol. The molecule has 5 unspecified atom stereocenters. The summed E-state index contributed by atoms with van der Waals surface area (Å²) in [6.07, 6.45) is -5.52. The first-order chi connectivity index (χ1) is 7.54. The molecule has 2 rings (SSSR count). The summed E-state index contributed by atoms with van der Waals surface area (Å²) in [5.41, 5.74) is -0.667. The lowest BCUT2D eigenvalue weighted by molar-refractivity contribution is -0.0386. The van der Waals surface area contributed by atoms with Crippen LogP contribution in [0.15, 0.2) is 4.99 Å². The highest BCUT2D eigenvalue weighted by atomic mass is 32.2. The van der Waals surface area contributed by atoms with Gasteiger partial charge in [0.25, 0.3) is 12.4 Å². The quantitative estimate of drug-likeness (QED) is 0.582.